The van der Waals surface area contributed by atoms with Crippen LogP contribution in [0.5, 0.6) is 0 Å². The molecular weight excluding hydrogens is 222 g/mol. The zero-order valence-corrected chi connectivity index (χ0v) is 10.9. The second-order valence-electron chi connectivity index (χ2n) is 5.04. The van der Waals surface area contributed by atoms with Crippen molar-refractivity contribution < 1.29 is 4.79 Å². The van der Waals surface area contributed by atoms with E-state index in [1.54, 1.807) is 0 Å². The Kier molecular flexibility index (Phi) is 4.57. The van der Waals surface area contributed by atoms with E-state index in [1.165, 1.54) is 5.56 Å². The van der Waals surface area contributed by atoms with Gasteiger partial charge in [0, 0.05) is 12.5 Å². The van der Waals surface area contributed by atoms with Crippen LogP contribution in [0.3, 0.4) is 0 Å². The first-order chi connectivity index (χ1) is 8.77. The number of hydrogen-bond acceptors (Lipinski definition) is 1. The summed E-state index contributed by atoms with van der Waals surface area (Å²) in [4.78, 5) is 12.0. The number of benzene rings is 1. The Morgan fingerprint density at radius 2 is 2.11 bits per heavy atom. The van der Waals surface area contributed by atoms with E-state index >= 15 is 0 Å². The average molecular weight is 243 g/mol. The molecule has 18 heavy (non-hydrogen) atoms. The van der Waals surface area contributed by atoms with E-state index in [2.05, 4.69) is 36.5 Å². The second-order valence-corrected chi connectivity index (χ2v) is 5.04. The second kappa shape index (κ2) is 6.39. The van der Waals surface area contributed by atoms with Crippen LogP contribution in [0.25, 0.3) is 0 Å². The van der Waals surface area contributed by atoms with Crippen molar-refractivity contribution >= 4 is 5.91 Å². The molecular formula is C16H21NO. The normalized spacial score (nSPS) is 20.4. The Balaban J connectivity index is 1.80. The van der Waals surface area contributed by atoms with Gasteiger partial charge in [0.2, 0.25) is 5.91 Å². The predicted molar refractivity (Wildman–Crippen MR) is 74.3 cm³/mol. The van der Waals surface area contributed by atoms with Crippen LogP contribution in [0.4, 0.5) is 0 Å². The van der Waals surface area contributed by atoms with Gasteiger partial charge in [0.15, 0.2) is 0 Å². The lowest BCUT2D eigenvalue weighted by Crippen LogP contribution is -2.33. The van der Waals surface area contributed by atoms with Crippen molar-refractivity contribution in [1.82, 2.24) is 5.32 Å². The molecule has 2 nitrogen and oxygen atoms in total. The number of carbonyl (C=O) groups excluding carboxylic acids is 1. The minimum absolute atomic E-state index is 0.179. The van der Waals surface area contributed by atoms with Crippen molar-refractivity contribution in [2.45, 2.75) is 32.1 Å². The third-order valence-corrected chi connectivity index (χ3v) is 3.59. The summed E-state index contributed by atoms with van der Waals surface area (Å²) in [5, 5.41) is 3.08. The van der Waals surface area contributed by atoms with Gasteiger partial charge in [0.1, 0.15) is 0 Å². The Hall–Kier alpha value is -1.57. The molecule has 0 unspecified atom stereocenters. The Bertz CT molecular complexity index is 410. The zero-order valence-electron chi connectivity index (χ0n) is 10.9. The fraction of sp³-hybridized carbons (Fsp3) is 0.438. The lowest BCUT2D eigenvalue weighted by Gasteiger charge is -2.19. The van der Waals surface area contributed by atoms with Gasteiger partial charge >= 0.3 is 0 Å². The number of carbonyl (C=O) groups is 1. The highest BCUT2D eigenvalue weighted by atomic mass is 16.1. The number of nitrogens with one attached hydrogen (secondary N) is 1. The molecule has 0 fully saturated rings. The van der Waals surface area contributed by atoms with Crippen molar-refractivity contribution in [3.63, 3.8) is 0 Å². The summed E-state index contributed by atoms with van der Waals surface area (Å²) in [6.07, 6.45) is 7.20. The van der Waals surface area contributed by atoms with E-state index in [1.807, 2.05) is 18.2 Å². The van der Waals surface area contributed by atoms with Gasteiger partial charge < -0.3 is 5.32 Å². The van der Waals surface area contributed by atoms with Crippen LogP contribution in [0.15, 0.2) is 42.5 Å². The number of hydrogen-bond donors (Lipinski definition) is 1. The van der Waals surface area contributed by atoms with Gasteiger partial charge in [-0.15, -0.1) is 0 Å². The molecule has 0 heterocycles. The fourth-order valence-electron chi connectivity index (χ4n) is 2.33. The summed E-state index contributed by atoms with van der Waals surface area (Å²) in [5.74, 6) is 0.759. The SMILES string of the molecule is C[C@H](CNC(=O)[C@@H]1CC=CCC1)c1ccccc1. The van der Waals surface area contributed by atoms with Gasteiger partial charge in [-0.2, -0.15) is 0 Å². The summed E-state index contributed by atoms with van der Waals surface area (Å²) in [7, 11) is 0. The minimum Gasteiger partial charge on any atom is -0.355 e. The van der Waals surface area contributed by atoms with Crippen LogP contribution < -0.4 is 5.32 Å². The molecule has 1 aliphatic rings. The van der Waals surface area contributed by atoms with E-state index in [0.717, 1.165) is 25.8 Å². The molecule has 0 spiro atoms. The van der Waals surface area contributed by atoms with E-state index < -0.39 is 0 Å². The summed E-state index contributed by atoms with van der Waals surface area (Å²) in [6, 6.07) is 10.3. The van der Waals surface area contributed by atoms with Gasteiger partial charge in [0.05, 0.1) is 0 Å². The quantitative estimate of drug-likeness (QED) is 0.808. The van der Waals surface area contributed by atoms with Crippen molar-refractivity contribution in [2.75, 3.05) is 6.54 Å². The number of allylic oxidation sites excluding steroid dienone is 2. The Morgan fingerprint density at radius 1 is 1.33 bits per heavy atom. The molecule has 2 rings (SSSR count). The molecule has 1 aromatic carbocycles. The molecule has 0 saturated carbocycles. The van der Waals surface area contributed by atoms with E-state index in [0.29, 0.717) is 5.92 Å². The monoisotopic (exact) mass is 243 g/mol. The topological polar surface area (TPSA) is 29.1 Å². The first kappa shape index (κ1) is 12.9. The van der Waals surface area contributed by atoms with Crippen LogP contribution in [0.2, 0.25) is 0 Å². The maximum atomic E-state index is 12.0. The van der Waals surface area contributed by atoms with Crippen LogP contribution >= 0.6 is 0 Å². The maximum Gasteiger partial charge on any atom is 0.223 e. The van der Waals surface area contributed by atoms with Crippen LogP contribution in [-0.4, -0.2) is 12.5 Å². The molecule has 0 bridgehead atoms. The highest BCUT2D eigenvalue weighted by Crippen LogP contribution is 2.19. The van der Waals surface area contributed by atoms with Gasteiger partial charge in [-0.3, -0.25) is 4.79 Å². The standard InChI is InChI=1S/C16H21NO/c1-13(14-8-4-2-5-9-14)12-17-16(18)15-10-6-3-7-11-15/h2-6,8-9,13,15H,7,10-12H2,1H3,(H,17,18)/t13-,15-/m1/s1. The number of rotatable bonds is 4. The molecule has 2 atom stereocenters. The first-order valence-electron chi connectivity index (χ1n) is 6.75. The highest BCUT2D eigenvalue weighted by Gasteiger charge is 2.18. The van der Waals surface area contributed by atoms with Gasteiger partial charge in [-0.25, -0.2) is 0 Å². The van der Waals surface area contributed by atoms with Crippen molar-refractivity contribution in [2.24, 2.45) is 5.92 Å². The van der Waals surface area contributed by atoms with Gasteiger partial charge in [-0.05, 0) is 30.7 Å². The third-order valence-electron chi connectivity index (χ3n) is 3.59. The van der Waals surface area contributed by atoms with Crippen LogP contribution in [-0.2, 0) is 4.79 Å². The summed E-state index contributed by atoms with van der Waals surface area (Å²) in [5.41, 5.74) is 1.28. The molecule has 1 N–H and O–H groups in total. The largest absolute Gasteiger partial charge is 0.355 e. The smallest absolute Gasteiger partial charge is 0.223 e. The predicted octanol–water partition coefficient (Wildman–Crippen LogP) is 3.26. The van der Waals surface area contributed by atoms with Crippen molar-refractivity contribution in [1.29, 1.82) is 0 Å². The molecule has 1 aliphatic carbocycles. The molecule has 0 aromatic heterocycles. The Labute approximate surface area is 109 Å². The fourth-order valence-corrected chi connectivity index (χ4v) is 2.33. The molecule has 2 heteroatoms. The summed E-state index contributed by atoms with van der Waals surface area (Å²) in [6.45, 7) is 2.87. The van der Waals surface area contributed by atoms with Crippen molar-refractivity contribution in [3.8, 4) is 0 Å². The average Bonchev–Trinajstić information content (AvgIpc) is 2.46. The van der Waals surface area contributed by atoms with Crippen LogP contribution in [0.1, 0.15) is 37.7 Å². The van der Waals surface area contributed by atoms with E-state index in [-0.39, 0.29) is 11.8 Å². The molecule has 0 saturated heterocycles. The zero-order chi connectivity index (χ0) is 12.8. The highest BCUT2D eigenvalue weighted by molar-refractivity contribution is 5.79. The van der Waals surface area contributed by atoms with Gasteiger partial charge in [0.25, 0.3) is 0 Å². The molecule has 1 amide bonds. The third kappa shape index (κ3) is 3.46. The maximum absolute atomic E-state index is 12.0. The molecule has 0 radical (unpaired) electrons. The first-order valence-corrected chi connectivity index (χ1v) is 6.75. The molecule has 96 valence electrons. The van der Waals surface area contributed by atoms with E-state index in [9.17, 15) is 4.79 Å². The van der Waals surface area contributed by atoms with E-state index in [4.69, 9.17) is 0 Å². The minimum atomic E-state index is 0.179. The lowest BCUT2D eigenvalue weighted by atomic mass is 9.93. The molecule has 0 aliphatic heterocycles. The summed E-state index contributed by atoms with van der Waals surface area (Å²) < 4.78 is 0. The Morgan fingerprint density at radius 3 is 2.78 bits per heavy atom. The number of amides is 1. The van der Waals surface area contributed by atoms with Gasteiger partial charge in [-0.1, -0.05) is 49.4 Å². The lowest BCUT2D eigenvalue weighted by molar-refractivity contribution is -0.125. The summed E-state index contributed by atoms with van der Waals surface area (Å²) >= 11 is 0. The van der Waals surface area contributed by atoms with Crippen molar-refractivity contribution in [3.05, 3.63) is 48.0 Å². The molecule has 1 aromatic rings. The van der Waals surface area contributed by atoms with Crippen LogP contribution in [0, 0.1) is 5.92 Å².